The normalized spacial score (nSPS) is 18.9. The zero-order valence-electron chi connectivity index (χ0n) is 7.58. The van der Waals surface area contributed by atoms with Crippen molar-refractivity contribution in [3.05, 3.63) is 21.7 Å². The van der Waals surface area contributed by atoms with E-state index in [1.165, 1.54) is 0 Å². The summed E-state index contributed by atoms with van der Waals surface area (Å²) in [6.45, 7) is 1.92. The second-order valence-electron chi connectivity index (χ2n) is 3.35. The quantitative estimate of drug-likeness (QED) is 0.785. The van der Waals surface area contributed by atoms with Crippen LogP contribution >= 0.6 is 15.9 Å². The summed E-state index contributed by atoms with van der Waals surface area (Å²) < 4.78 is 6.24. The van der Waals surface area contributed by atoms with Gasteiger partial charge in [0.25, 0.3) is 0 Å². The number of carbonyl (C=O) groups is 1. The zero-order valence-corrected chi connectivity index (χ0v) is 9.17. The maximum atomic E-state index is 10.6. The fraction of sp³-hybridized carbons (Fsp3) is 0.300. The highest BCUT2D eigenvalue weighted by Crippen LogP contribution is 2.43. The first kappa shape index (κ1) is 9.52. The van der Waals surface area contributed by atoms with Crippen molar-refractivity contribution < 1.29 is 14.6 Å². The zero-order chi connectivity index (χ0) is 10.3. The topological polar surface area (TPSA) is 46.5 Å². The molecule has 0 fully saturated rings. The van der Waals surface area contributed by atoms with Gasteiger partial charge in [0.2, 0.25) is 0 Å². The lowest BCUT2D eigenvalue weighted by Crippen LogP contribution is -2.05. The minimum atomic E-state index is -0.0532. The molecule has 1 aliphatic rings. The summed E-state index contributed by atoms with van der Waals surface area (Å²) in [4.78, 5) is 10.6. The van der Waals surface area contributed by atoms with E-state index in [4.69, 9.17) is 4.74 Å². The molecule has 1 aromatic rings. The van der Waals surface area contributed by atoms with Gasteiger partial charge >= 0.3 is 0 Å². The lowest BCUT2D eigenvalue weighted by Gasteiger charge is -2.07. The Morgan fingerprint density at radius 1 is 1.71 bits per heavy atom. The number of hydrogen-bond donors (Lipinski definition) is 1. The van der Waals surface area contributed by atoms with E-state index in [0.717, 1.165) is 16.5 Å². The molecule has 1 unspecified atom stereocenters. The first-order chi connectivity index (χ1) is 6.63. The minimum absolute atomic E-state index is 0.0501. The van der Waals surface area contributed by atoms with Crippen molar-refractivity contribution in [2.75, 3.05) is 0 Å². The van der Waals surface area contributed by atoms with Crippen molar-refractivity contribution in [1.29, 1.82) is 0 Å². The Morgan fingerprint density at radius 3 is 3.07 bits per heavy atom. The molecule has 0 bridgehead atoms. The third-order valence-corrected chi connectivity index (χ3v) is 2.98. The number of rotatable bonds is 1. The van der Waals surface area contributed by atoms with Crippen LogP contribution in [0.5, 0.6) is 11.5 Å². The summed E-state index contributed by atoms with van der Waals surface area (Å²) in [7, 11) is 0. The Morgan fingerprint density at radius 2 is 2.43 bits per heavy atom. The maximum Gasteiger partial charge on any atom is 0.168 e. The minimum Gasteiger partial charge on any atom is -0.504 e. The summed E-state index contributed by atoms with van der Waals surface area (Å²) in [6.07, 6.45) is 1.42. The standard InChI is InChI=1S/C10H9BrO3/c1-5-2-7-8(11)3-6(4-12)9(13)10(7)14-5/h3-5,13H,2H2,1H3. The number of phenols is 1. The monoisotopic (exact) mass is 256 g/mol. The molecule has 0 amide bonds. The van der Waals surface area contributed by atoms with E-state index in [1.54, 1.807) is 6.07 Å². The number of carbonyl (C=O) groups excluding carboxylic acids is 1. The molecule has 1 atom stereocenters. The molecule has 74 valence electrons. The van der Waals surface area contributed by atoms with Crippen LogP contribution < -0.4 is 4.74 Å². The second kappa shape index (κ2) is 3.28. The Hall–Kier alpha value is -1.03. The predicted octanol–water partition coefficient (Wildman–Crippen LogP) is 2.29. The Labute approximate surface area is 89.8 Å². The predicted molar refractivity (Wildman–Crippen MR) is 55.0 cm³/mol. The van der Waals surface area contributed by atoms with Crippen molar-refractivity contribution in [3.63, 3.8) is 0 Å². The smallest absolute Gasteiger partial charge is 0.168 e. The second-order valence-corrected chi connectivity index (χ2v) is 4.21. The van der Waals surface area contributed by atoms with Gasteiger partial charge in [-0.25, -0.2) is 0 Å². The van der Waals surface area contributed by atoms with E-state index in [1.807, 2.05) is 6.92 Å². The Bertz CT molecular complexity index is 401. The Balaban J connectivity index is 2.63. The summed E-state index contributed by atoms with van der Waals surface area (Å²) in [5.41, 5.74) is 1.19. The number of hydrogen-bond acceptors (Lipinski definition) is 3. The van der Waals surface area contributed by atoms with Gasteiger partial charge in [-0.2, -0.15) is 0 Å². The fourth-order valence-electron chi connectivity index (χ4n) is 1.61. The van der Waals surface area contributed by atoms with Crippen molar-refractivity contribution in [1.82, 2.24) is 0 Å². The van der Waals surface area contributed by atoms with E-state index >= 15 is 0 Å². The van der Waals surface area contributed by atoms with E-state index in [0.29, 0.717) is 12.0 Å². The van der Waals surface area contributed by atoms with E-state index in [-0.39, 0.29) is 17.4 Å². The number of aldehydes is 1. The molecule has 0 saturated carbocycles. The lowest BCUT2D eigenvalue weighted by molar-refractivity contribution is 0.112. The van der Waals surface area contributed by atoms with Crippen LogP contribution in [0, 0.1) is 0 Å². The third-order valence-electron chi connectivity index (χ3n) is 2.27. The molecule has 0 aliphatic carbocycles. The van der Waals surface area contributed by atoms with Gasteiger partial charge in [-0.15, -0.1) is 0 Å². The van der Waals surface area contributed by atoms with Gasteiger partial charge in [0.1, 0.15) is 6.10 Å². The summed E-state index contributed by atoms with van der Waals surface area (Å²) in [5, 5.41) is 9.67. The highest BCUT2D eigenvalue weighted by molar-refractivity contribution is 9.10. The lowest BCUT2D eigenvalue weighted by atomic mass is 10.1. The van der Waals surface area contributed by atoms with Crippen LogP contribution in [-0.4, -0.2) is 17.5 Å². The van der Waals surface area contributed by atoms with Crippen molar-refractivity contribution in [3.8, 4) is 11.5 Å². The van der Waals surface area contributed by atoms with E-state index in [2.05, 4.69) is 15.9 Å². The van der Waals surface area contributed by atoms with Gasteiger partial charge in [-0.05, 0) is 13.0 Å². The average molecular weight is 257 g/mol. The molecule has 0 aromatic heterocycles. The molecule has 0 saturated heterocycles. The van der Waals surface area contributed by atoms with Crippen LogP contribution in [-0.2, 0) is 6.42 Å². The van der Waals surface area contributed by atoms with Gasteiger partial charge in [-0.3, -0.25) is 4.79 Å². The Kier molecular flexibility index (Phi) is 2.23. The van der Waals surface area contributed by atoms with Crippen LogP contribution in [0.15, 0.2) is 10.5 Å². The molecule has 0 spiro atoms. The number of fused-ring (bicyclic) bond motifs is 1. The summed E-state index contributed by atoms with van der Waals surface area (Å²) in [5.74, 6) is 0.386. The molecule has 1 aromatic carbocycles. The third kappa shape index (κ3) is 1.30. The van der Waals surface area contributed by atoms with Crippen LogP contribution in [0.2, 0.25) is 0 Å². The van der Waals surface area contributed by atoms with Gasteiger partial charge in [0.15, 0.2) is 17.8 Å². The molecule has 3 nitrogen and oxygen atoms in total. The van der Waals surface area contributed by atoms with Crippen LogP contribution in [0.3, 0.4) is 0 Å². The number of aromatic hydroxyl groups is 1. The number of phenolic OH excluding ortho intramolecular Hbond substituents is 1. The first-order valence-corrected chi connectivity index (χ1v) is 5.09. The highest BCUT2D eigenvalue weighted by Gasteiger charge is 2.26. The summed E-state index contributed by atoms with van der Waals surface area (Å²) in [6, 6.07) is 1.61. The molecule has 0 radical (unpaired) electrons. The highest BCUT2D eigenvalue weighted by atomic mass is 79.9. The molecule has 1 N–H and O–H groups in total. The molecule has 1 heterocycles. The largest absolute Gasteiger partial charge is 0.504 e. The van der Waals surface area contributed by atoms with Crippen molar-refractivity contribution >= 4 is 22.2 Å². The molecule has 1 aliphatic heterocycles. The molecule has 4 heteroatoms. The van der Waals surface area contributed by atoms with E-state index < -0.39 is 0 Å². The molecule has 14 heavy (non-hydrogen) atoms. The molecule has 2 rings (SSSR count). The first-order valence-electron chi connectivity index (χ1n) is 4.29. The molecular formula is C10H9BrO3. The van der Waals surface area contributed by atoms with Crippen molar-refractivity contribution in [2.45, 2.75) is 19.4 Å². The number of benzene rings is 1. The van der Waals surface area contributed by atoms with Crippen molar-refractivity contribution in [2.24, 2.45) is 0 Å². The van der Waals surface area contributed by atoms with E-state index in [9.17, 15) is 9.90 Å². The number of ether oxygens (including phenoxy) is 1. The van der Waals surface area contributed by atoms with Gasteiger partial charge in [0.05, 0.1) is 5.56 Å². The fourth-order valence-corrected chi connectivity index (χ4v) is 2.20. The van der Waals surface area contributed by atoms with Gasteiger partial charge < -0.3 is 9.84 Å². The van der Waals surface area contributed by atoms with Gasteiger partial charge in [0, 0.05) is 16.5 Å². The summed E-state index contributed by atoms with van der Waals surface area (Å²) >= 11 is 3.35. The molecular weight excluding hydrogens is 248 g/mol. The number of halogens is 1. The van der Waals surface area contributed by atoms with Crippen LogP contribution in [0.25, 0.3) is 0 Å². The van der Waals surface area contributed by atoms with Gasteiger partial charge in [-0.1, -0.05) is 15.9 Å². The maximum absolute atomic E-state index is 10.6. The van der Waals surface area contributed by atoms with Crippen LogP contribution in [0.4, 0.5) is 0 Å². The average Bonchev–Trinajstić information content (AvgIpc) is 2.54. The SMILES string of the molecule is CC1Cc2c(Br)cc(C=O)c(O)c2O1. The van der Waals surface area contributed by atoms with Crippen LogP contribution in [0.1, 0.15) is 22.8 Å².